The Morgan fingerprint density at radius 1 is 0.259 bits per heavy atom. The number of carbonyl (C=O) groups excluding carboxylic acids is 3. The number of esters is 3. The van der Waals surface area contributed by atoms with Crippen LogP contribution in [-0.4, -0.2) is 37.2 Å². The third kappa shape index (κ3) is 66.2. The second-order valence-electron chi connectivity index (χ2n) is 22.0. The Hall–Kier alpha value is -4.45. The zero-order chi connectivity index (χ0) is 58.5. The van der Waals surface area contributed by atoms with Crippen molar-refractivity contribution in [3.05, 3.63) is 134 Å². The second-order valence-corrected chi connectivity index (χ2v) is 22.0. The molecule has 0 aliphatic carbocycles. The van der Waals surface area contributed by atoms with Gasteiger partial charge in [0.2, 0.25) is 0 Å². The Bertz CT molecular complexity index is 1720. The first-order valence-electron chi connectivity index (χ1n) is 33.7. The highest BCUT2D eigenvalue weighted by Crippen LogP contribution is 2.15. The zero-order valence-electron chi connectivity index (χ0n) is 52.8. The minimum atomic E-state index is -0.799. The molecule has 460 valence electrons. The fraction of sp³-hybridized carbons (Fsp3) is 0.667. The molecule has 0 aliphatic rings. The van der Waals surface area contributed by atoms with E-state index >= 15 is 0 Å². The minimum absolute atomic E-state index is 0.0932. The molecule has 0 radical (unpaired) electrons. The summed E-state index contributed by atoms with van der Waals surface area (Å²) < 4.78 is 16.9. The van der Waals surface area contributed by atoms with Gasteiger partial charge in [0.15, 0.2) is 6.10 Å². The van der Waals surface area contributed by atoms with Crippen LogP contribution < -0.4 is 0 Å². The van der Waals surface area contributed by atoms with Gasteiger partial charge >= 0.3 is 17.9 Å². The van der Waals surface area contributed by atoms with Crippen LogP contribution in [0.25, 0.3) is 0 Å². The summed E-state index contributed by atoms with van der Waals surface area (Å²) in [6.07, 6.45) is 96.2. The summed E-state index contributed by atoms with van der Waals surface area (Å²) in [6.45, 7) is 6.48. The van der Waals surface area contributed by atoms with Gasteiger partial charge in [0.1, 0.15) is 13.2 Å². The van der Waals surface area contributed by atoms with Crippen molar-refractivity contribution in [2.24, 2.45) is 0 Å². The van der Waals surface area contributed by atoms with Gasteiger partial charge in [0.25, 0.3) is 0 Å². The first-order valence-corrected chi connectivity index (χ1v) is 33.7. The van der Waals surface area contributed by atoms with Crippen LogP contribution in [0.3, 0.4) is 0 Å². The summed E-state index contributed by atoms with van der Waals surface area (Å²) in [5.74, 6) is -0.940. The van der Waals surface area contributed by atoms with Crippen molar-refractivity contribution in [2.75, 3.05) is 13.2 Å². The molecule has 6 heteroatoms. The van der Waals surface area contributed by atoms with Crippen LogP contribution in [0.15, 0.2) is 134 Å². The maximum atomic E-state index is 12.9. The van der Waals surface area contributed by atoms with E-state index < -0.39 is 6.10 Å². The van der Waals surface area contributed by atoms with Crippen LogP contribution in [0.2, 0.25) is 0 Å². The van der Waals surface area contributed by atoms with E-state index in [1.165, 1.54) is 141 Å². The maximum Gasteiger partial charge on any atom is 0.306 e. The average Bonchev–Trinajstić information content (AvgIpc) is 3.47. The summed E-state index contributed by atoms with van der Waals surface area (Å²) >= 11 is 0. The molecule has 0 fully saturated rings. The van der Waals surface area contributed by atoms with Gasteiger partial charge in [-0.2, -0.15) is 0 Å². The first kappa shape index (κ1) is 76.5. The van der Waals surface area contributed by atoms with Crippen molar-refractivity contribution in [3.63, 3.8) is 0 Å². The van der Waals surface area contributed by atoms with E-state index in [2.05, 4.69) is 154 Å². The lowest BCUT2D eigenvalue weighted by atomic mass is 10.1. The summed E-state index contributed by atoms with van der Waals surface area (Å²) in [5, 5.41) is 0. The molecule has 1 unspecified atom stereocenters. The molecular weight excluding hydrogens is 997 g/mol. The van der Waals surface area contributed by atoms with E-state index in [1.807, 2.05) is 0 Å². The smallest absolute Gasteiger partial charge is 0.306 e. The number of carbonyl (C=O) groups is 3. The van der Waals surface area contributed by atoms with Crippen molar-refractivity contribution >= 4 is 17.9 Å². The van der Waals surface area contributed by atoms with Gasteiger partial charge in [-0.3, -0.25) is 14.4 Å². The van der Waals surface area contributed by atoms with E-state index in [9.17, 15) is 14.4 Å². The molecular formula is C75H124O6. The SMILES string of the molecule is CC/C=C\C/C=C\C/C=C\C/C=C\C/C=C\C/C=C\C/C=C\C/C=C\C/C=C\C/C=C\CCCCC(=O)OCC(COC(=O)CCCCCCCCCCC)OC(=O)CCCCCCCCCCC/C=C\CCCCCCCCCC. The molecule has 0 heterocycles. The highest BCUT2D eigenvalue weighted by molar-refractivity contribution is 5.71. The number of unbranched alkanes of at least 4 members (excludes halogenated alkanes) is 27. The average molecular weight is 1120 g/mol. The topological polar surface area (TPSA) is 78.9 Å². The zero-order valence-corrected chi connectivity index (χ0v) is 52.8. The fourth-order valence-electron chi connectivity index (χ4n) is 9.11. The molecule has 0 N–H and O–H groups in total. The van der Waals surface area contributed by atoms with Crippen LogP contribution in [0.1, 0.15) is 303 Å². The Morgan fingerprint density at radius 2 is 0.481 bits per heavy atom. The number of allylic oxidation sites excluding steroid dienone is 22. The molecule has 0 amide bonds. The molecule has 6 nitrogen and oxygen atoms in total. The van der Waals surface area contributed by atoms with E-state index in [0.29, 0.717) is 19.3 Å². The molecule has 0 aromatic rings. The Balaban J connectivity index is 4.30. The predicted octanol–water partition coefficient (Wildman–Crippen LogP) is 23.3. The molecule has 1 atom stereocenters. The highest BCUT2D eigenvalue weighted by atomic mass is 16.6. The molecule has 0 bridgehead atoms. The molecule has 81 heavy (non-hydrogen) atoms. The van der Waals surface area contributed by atoms with Gasteiger partial charge < -0.3 is 14.2 Å². The molecule has 0 aliphatic heterocycles. The van der Waals surface area contributed by atoms with Crippen LogP contribution in [0, 0.1) is 0 Å². The van der Waals surface area contributed by atoms with Crippen molar-refractivity contribution in [1.82, 2.24) is 0 Å². The van der Waals surface area contributed by atoms with Crippen molar-refractivity contribution in [3.8, 4) is 0 Å². The number of hydrogen-bond donors (Lipinski definition) is 0. The normalized spacial score (nSPS) is 13.0. The van der Waals surface area contributed by atoms with Gasteiger partial charge in [-0.1, -0.05) is 296 Å². The van der Waals surface area contributed by atoms with Crippen LogP contribution in [0.4, 0.5) is 0 Å². The number of hydrogen-bond acceptors (Lipinski definition) is 6. The minimum Gasteiger partial charge on any atom is -0.462 e. The van der Waals surface area contributed by atoms with E-state index in [-0.39, 0.29) is 31.1 Å². The lowest BCUT2D eigenvalue weighted by Gasteiger charge is -2.18. The van der Waals surface area contributed by atoms with Crippen molar-refractivity contribution in [2.45, 2.75) is 309 Å². The van der Waals surface area contributed by atoms with Gasteiger partial charge in [0, 0.05) is 19.3 Å². The summed E-state index contributed by atoms with van der Waals surface area (Å²) in [7, 11) is 0. The van der Waals surface area contributed by atoms with Crippen molar-refractivity contribution in [1.29, 1.82) is 0 Å². The standard InChI is InChI=1S/C75H124O6/c1-4-7-10-13-16-19-21-23-25-27-29-31-32-33-34-35-36-37-38-39-40-41-42-44-45-47-49-51-53-56-59-62-65-68-74(77)80-71-72(70-79-73(76)67-64-61-58-55-18-15-12-9-6-3)81-75(78)69-66-63-60-57-54-52-50-48-46-43-30-28-26-24-22-20-17-14-11-8-5-2/h7,10,16,19,23,25,28-31,33-34,36-37,39-40,42,44,47,49,53,56,72H,4-6,8-9,11-15,17-18,20-22,24,26-27,32,35,38,41,43,45-46,48,50-52,54-55,57-71H2,1-3H3/b10-7-,19-16-,25-23-,30-28-,31-29-,34-33-,37-36-,40-39-,44-42-,49-47-,56-53-. The summed E-state index contributed by atoms with van der Waals surface area (Å²) in [5.41, 5.74) is 0. The van der Waals surface area contributed by atoms with Crippen molar-refractivity contribution < 1.29 is 28.6 Å². The van der Waals surface area contributed by atoms with Gasteiger partial charge in [0.05, 0.1) is 0 Å². The largest absolute Gasteiger partial charge is 0.462 e. The lowest BCUT2D eigenvalue weighted by Crippen LogP contribution is -2.30. The highest BCUT2D eigenvalue weighted by Gasteiger charge is 2.19. The predicted molar refractivity (Wildman–Crippen MR) is 353 cm³/mol. The molecule has 0 aromatic carbocycles. The second kappa shape index (κ2) is 68.1. The van der Waals surface area contributed by atoms with Gasteiger partial charge in [-0.15, -0.1) is 0 Å². The molecule has 0 saturated carbocycles. The molecule has 0 aromatic heterocycles. The monoisotopic (exact) mass is 1120 g/mol. The Labute approximate surface area is 500 Å². The third-order valence-corrected chi connectivity index (χ3v) is 14.1. The van der Waals surface area contributed by atoms with E-state index in [0.717, 1.165) is 122 Å². The lowest BCUT2D eigenvalue weighted by molar-refractivity contribution is -0.167. The maximum absolute atomic E-state index is 12.9. The number of rotatable bonds is 60. The molecule has 0 rings (SSSR count). The first-order chi connectivity index (χ1) is 40.0. The molecule has 0 spiro atoms. The third-order valence-electron chi connectivity index (χ3n) is 14.1. The van der Waals surface area contributed by atoms with Gasteiger partial charge in [-0.25, -0.2) is 0 Å². The van der Waals surface area contributed by atoms with Crippen LogP contribution in [0.5, 0.6) is 0 Å². The fourth-order valence-corrected chi connectivity index (χ4v) is 9.11. The summed E-state index contributed by atoms with van der Waals surface area (Å²) in [4.78, 5) is 38.2. The molecule has 0 saturated heterocycles. The van der Waals surface area contributed by atoms with E-state index in [1.54, 1.807) is 0 Å². The Morgan fingerprint density at radius 3 is 0.790 bits per heavy atom. The van der Waals surface area contributed by atoms with Crippen LogP contribution >= 0.6 is 0 Å². The Kier molecular flexibility index (Phi) is 64.3. The quantitative estimate of drug-likeness (QED) is 0.0261. The van der Waals surface area contributed by atoms with Crippen LogP contribution in [-0.2, 0) is 28.6 Å². The van der Waals surface area contributed by atoms with E-state index in [4.69, 9.17) is 14.2 Å². The van der Waals surface area contributed by atoms with Gasteiger partial charge in [-0.05, 0) is 122 Å². The summed E-state index contributed by atoms with van der Waals surface area (Å²) in [6, 6.07) is 0. The number of ether oxygens (including phenoxy) is 3.